The highest BCUT2D eigenvalue weighted by atomic mass is 32.3. The molecule has 10 heteroatoms. The molecular formula is C14H20O7S3-2. The summed E-state index contributed by atoms with van der Waals surface area (Å²) in [5.41, 5.74) is -0.461. The zero-order chi connectivity index (χ0) is 18.7. The number of hydrogen-bond acceptors (Lipinski definition) is 7. The molecular weight excluding hydrogens is 376 g/mol. The summed E-state index contributed by atoms with van der Waals surface area (Å²) in [6.07, 6.45) is 0.510. The van der Waals surface area contributed by atoms with Gasteiger partial charge in [-0.1, -0.05) is 26.8 Å². The van der Waals surface area contributed by atoms with Crippen LogP contribution in [0.2, 0.25) is 0 Å². The predicted octanol–water partition coefficient (Wildman–Crippen LogP) is 1.47. The molecule has 1 aromatic rings. The minimum absolute atomic E-state index is 0.0206. The highest BCUT2D eigenvalue weighted by molar-refractivity contribution is 7.97. The lowest BCUT2D eigenvalue weighted by molar-refractivity contribution is 0.318. The molecule has 0 aromatic heterocycles. The van der Waals surface area contributed by atoms with Crippen LogP contribution in [0.15, 0.2) is 23.1 Å². The molecule has 0 bridgehead atoms. The van der Waals surface area contributed by atoms with Crippen LogP contribution in [0.4, 0.5) is 0 Å². The summed E-state index contributed by atoms with van der Waals surface area (Å²) in [6.45, 7) is 6.31. The lowest BCUT2D eigenvalue weighted by Crippen LogP contribution is -2.41. The summed E-state index contributed by atoms with van der Waals surface area (Å²) in [4.78, 5) is -0.142. The van der Waals surface area contributed by atoms with E-state index in [4.69, 9.17) is 4.18 Å². The van der Waals surface area contributed by atoms with Crippen molar-refractivity contribution in [2.24, 2.45) is 0 Å². The van der Waals surface area contributed by atoms with E-state index in [1.165, 1.54) is 32.0 Å². The van der Waals surface area contributed by atoms with Crippen LogP contribution in [0.3, 0.4) is 0 Å². The largest absolute Gasteiger partial charge is 0.771 e. The van der Waals surface area contributed by atoms with Gasteiger partial charge in [0.2, 0.25) is 0 Å². The van der Waals surface area contributed by atoms with E-state index in [2.05, 4.69) is 0 Å². The van der Waals surface area contributed by atoms with Gasteiger partial charge in [-0.05, 0) is 58.8 Å². The molecule has 0 aliphatic rings. The highest BCUT2D eigenvalue weighted by Crippen LogP contribution is 2.35. The predicted molar refractivity (Wildman–Crippen MR) is 89.3 cm³/mol. The summed E-state index contributed by atoms with van der Waals surface area (Å²) < 4.78 is 72.9. The maximum atomic E-state index is 12.2. The zero-order valence-electron chi connectivity index (χ0n) is 13.8. The molecule has 1 rings (SSSR count). The van der Waals surface area contributed by atoms with Gasteiger partial charge in [-0.2, -0.15) is 8.42 Å². The monoisotopic (exact) mass is 396 g/mol. The molecule has 0 saturated heterocycles. The summed E-state index contributed by atoms with van der Waals surface area (Å²) in [7, 11) is -4.00. The maximum Gasteiger partial charge on any atom is 0.296 e. The van der Waals surface area contributed by atoms with Gasteiger partial charge in [-0.15, -0.1) is 0 Å². The Morgan fingerprint density at radius 1 is 1.21 bits per heavy atom. The molecule has 2 unspecified atom stereocenters. The van der Waals surface area contributed by atoms with E-state index in [0.29, 0.717) is 17.5 Å². The summed E-state index contributed by atoms with van der Waals surface area (Å²) >= 11 is -5.78. The van der Waals surface area contributed by atoms with Crippen molar-refractivity contribution < 1.29 is 30.1 Å². The highest BCUT2D eigenvalue weighted by Gasteiger charge is 2.35. The van der Waals surface area contributed by atoms with E-state index in [1.807, 2.05) is 0 Å². The zero-order valence-corrected chi connectivity index (χ0v) is 16.3. The molecule has 0 spiro atoms. The van der Waals surface area contributed by atoms with Crippen molar-refractivity contribution in [1.29, 1.82) is 0 Å². The second kappa shape index (κ2) is 8.15. The first-order valence-corrected chi connectivity index (χ1v) is 10.8. The molecule has 24 heavy (non-hydrogen) atoms. The lowest BCUT2D eigenvalue weighted by Gasteiger charge is -2.38. The van der Waals surface area contributed by atoms with Gasteiger partial charge < -0.3 is 9.11 Å². The summed E-state index contributed by atoms with van der Waals surface area (Å²) in [5, 5.41) is 0. The van der Waals surface area contributed by atoms with Gasteiger partial charge in [0.1, 0.15) is 0 Å². The van der Waals surface area contributed by atoms with Gasteiger partial charge >= 0.3 is 0 Å². The van der Waals surface area contributed by atoms with Crippen LogP contribution in [0.25, 0.3) is 0 Å². The Morgan fingerprint density at radius 2 is 1.75 bits per heavy atom. The Morgan fingerprint density at radius 3 is 2.21 bits per heavy atom. The number of hydrogen-bond donors (Lipinski definition) is 0. The second-order valence-corrected chi connectivity index (χ2v) is 9.73. The first-order valence-electron chi connectivity index (χ1n) is 7.11. The van der Waals surface area contributed by atoms with E-state index in [-0.39, 0.29) is 11.5 Å². The molecule has 0 N–H and O–H groups in total. The SMILES string of the molecule is CCCOS(=O)(=O)c1ccc(C)c(C(C)(C)C(S(=O)[O-])S(=O)[O-])c1. The normalized spacial score (nSPS) is 16.6. The molecule has 0 fully saturated rings. The van der Waals surface area contributed by atoms with Crippen LogP contribution in [0.1, 0.15) is 38.3 Å². The molecule has 2 atom stereocenters. The van der Waals surface area contributed by atoms with Crippen molar-refractivity contribution in [3.05, 3.63) is 29.3 Å². The van der Waals surface area contributed by atoms with E-state index in [9.17, 15) is 25.9 Å². The van der Waals surface area contributed by atoms with E-state index in [1.54, 1.807) is 13.8 Å². The fraction of sp³-hybridized carbons (Fsp3) is 0.571. The molecule has 138 valence electrons. The van der Waals surface area contributed by atoms with Crippen molar-refractivity contribution >= 4 is 32.3 Å². The van der Waals surface area contributed by atoms with Crippen LogP contribution in [-0.2, 0) is 41.9 Å². The van der Waals surface area contributed by atoms with Gasteiger partial charge in [-0.3, -0.25) is 12.6 Å². The second-order valence-electron chi connectivity index (χ2n) is 5.83. The minimum atomic E-state index is -4.00. The van der Waals surface area contributed by atoms with Crippen LogP contribution in [-0.4, -0.2) is 37.1 Å². The van der Waals surface area contributed by atoms with Gasteiger partial charge in [-0.25, -0.2) is 0 Å². The Hall–Kier alpha value is -0.650. The number of benzene rings is 1. The molecule has 0 amide bonds. The van der Waals surface area contributed by atoms with Gasteiger partial charge in [0.15, 0.2) is 0 Å². The van der Waals surface area contributed by atoms with Crippen LogP contribution < -0.4 is 0 Å². The first kappa shape index (κ1) is 21.4. The van der Waals surface area contributed by atoms with Crippen molar-refractivity contribution in [3.8, 4) is 0 Å². The quantitative estimate of drug-likeness (QED) is 0.481. The maximum absolute atomic E-state index is 12.2. The van der Waals surface area contributed by atoms with Crippen molar-refractivity contribution in [3.63, 3.8) is 0 Å². The lowest BCUT2D eigenvalue weighted by atomic mass is 9.83. The van der Waals surface area contributed by atoms with Crippen LogP contribution in [0, 0.1) is 6.92 Å². The number of rotatable bonds is 8. The van der Waals surface area contributed by atoms with E-state index in [0.717, 1.165) is 0 Å². The summed E-state index contributed by atoms with van der Waals surface area (Å²) in [6, 6.07) is 4.11. The topological polar surface area (TPSA) is 124 Å². The van der Waals surface area contributed by atoms with E-state index < -0.39 is 42.3 Å². The van der Waals surface area contributed by atoms with Crippen LogP contribution in [0.5, 0.6) is 0 Å². The fourth-order valence-electron chi connectivity index (χ4n) is 2.38. The molecule has 1 aromatic carbocycles. The first-order chi connectivity index (χ1) is 10.9. The Bertz CT molecular complexity index is 727. The van der Waals surface area contributed by atoms with Gasteiger partial charge in [0, 0.05) is 5.41 Å². The minimum Gasteiger partial charge on any atom is -0.771 e. The molecule has 0 aliphatic carbocycles. The molecule has 7 nitrogen and oxygen atoms in total. The Labute approximate surface area is 147 Å². The van der Waals surface area contributed by atoms with Crippen molar-refractivity contribution in [1.82, 2.24) is 0 Å². The standard InChI is InChI=1S/C14H22O7S3/c1-5-8-21-24(19,20)11-7-6-10(2)12(9-11)14(3,4)13(22(15)16)23(17)18/h6-7,9,13H,5,8H2,1-4H3,(H,15,16)(H,17,18)/p-2. The summed E-state index contributed by atoms with van der Waals surface area (Å²) in [5.74, 6) is 0. The third kappa shape index (κ3) is 4.70. The average Bonchev–Trinajstić information content (AvgIpc) is 2.43. The third-order valence-corrected chi connectivity index (χ3v) is 7.70. The smallest absolute Gasteiger partial charge is 0.296 e. The average molecular weight is 397 g/mol. The number of aryl methyl sites for hydroxylation is 1. The Kier molecular flexibility index (Phi) is 7.27. The van der Waals surface area contributed by atoms with Crippen LogP contribution >= 0.6 is 0 Å². The molecule has 0 heterocycles. The van der Waals surface area contributed by atoms with E-state index >= 15 is 0 Å². The van der Waals surface area contributed by atoms with Gasteiger partial charge in [0.25, 0.3) is 10.1 Å². The molecule has 0 radical (unpaired) electrons. The van der Waals surface area contributed by atoms with Crippen molar-refractivity contribution in [2.45, 2.75) is 49.0 Å². The van der Waals surface area contributed by atoms with Crippen molar-refractivity contribution in [2.75, 3.05) is 6.61 Å². The molecule has 0 aliphatic heterocycles. The van der Waals surface area contributed by atoms with Gasteiger partial charge in [0.05, 0.1) is 16.1 Å². The third-order valence-electron chi connectivity index (χ3n) is 3.57. The fourth-order valence-corrected chi connectivity index (χ4v) is 5.13. The molecule has 0 saturated carbocycles. The Balaban J connectivity index is 3.46.